The van der Waals surface area contributed by atoms with Gasteiger partial charge in [0, 0.05) is 12.6 Å². The van der Waals surface area contributed by atoms with Gasteiger partial charge in [-0.1, -0.05) is 26.2 Å². The third-order valence-electron chi connectivity index (χ3n) is 4.34. The Morgan fingerprint density at radius 1 is 1.17 bits per heavy atom. The lowest BCUT2D eigenvalue weighted by Crippen LogP contribution is -2.51. The number of piperidine rings is 1. The monoisotopic (exact) mass is 274 g/mol. The predicted octanol–water partition coefficient (Wildman–Crippen LogP) is 1.48. The standard InChI is InChI=1S/C13H26N2O2S/c1-11-7-8-14-9-13(11)15-18(16,17)10-12-5-3-2-4-6-12/h11-15H,2-10H2,1H3. The second-order valence-corrected chi connectivity index (χ2v) is 7.78. The molecule has 2 unspecified atom stereocenters. The summed E-state index contributed by atoms with van der Waals surface area (Å²) in [7, 11) is -3.10. The zero-order valence-electron chi connectivity index (χ0n) is 11.3. The Balaban J connectivity index is 1.85. The normalized spacial score (nSPS) is 31.4. The van der Waals surface area contributed by atoms with Gasteiger partial charge in [-0.3, -0.25) is 0 Å². The van der Waals surface area contributed by atoms with E-state index in [1.807, 2.05) is 0 Å². The summed E-state index contributed by atoms with van der Waals surface area (Å²) in [5.41, 5.74) is 0. The van der Waals surface area contributed by atoms with Crippen LogP contribution in [0.4, 0.5) is 0 Å². The van der Waals surface area contributed by atoms with Gasteiger partial charge in [0.2, 0.25) is 10.0 Å². The first kappa shape index (κ1) is 14.3. The Hall–Kier alpha value is -0.130. The van der Waals surface area contributed by atoms with Gasteiger partial charge in [0.05, 0.1) is 5.75 Å². The molecule has 2 aliphatic rings. The van der Waals surface area contributed by atoms with Crippen LogP contribution in [0.15, 0.2) is 0 Å². The molecule has 2 N–H and O–H groups in total. The summed E-state index contributed by atoms with van der Waals surface area (Å²) in [4.78, 5) is 0. The third kappa shape index (κ3) is 4.21. The molecule has 2 fully saturated rings. The van der Waals surface area contributed by atoms with E-state index in [9.17, 15) is 8.42 Å². The van der Waals surface area contributed by atoms with Gasteiger partial charge in [-0.05, 0) is 37.6 Å². The minimum Gasteiger partial charge on any atom is -0.315 e. The van der Waals surface area contributed by atoms with Gasteiger partial charge in [0.15, 0.2) is 0 Å². The zero-order valence-corrected chi connectivity index (χ0v) is 12.1. The topological polar surface area (TPSA) is 58.2 Å². The molecular formula is C13H26N2O2S. The fourth-order valence-electron chi connectivity index (χ4n) is 3.09. The number of rotatable bonds is 4. The second kappa shape index (κ2) is 6.35. The Kier molecular flexibility index (Phi) is 5.04. The molecule has 106 valence electrons. The van der Waals surface area contributed by atoms with Crippen LogP contribution in [-0.4, -0.2) is 33.3 Å². The Morgan fingerprint density at radius 2 is 1.89 bits per heavy atom. The lowest BCUT2D eigenvalue weighted by molar-refractivity contribution is 0.324. The molecule has 2 rings (SSSR count). The van der Waals surface area contributed by atoms with Gasteiger partial charge >= 0.3 is 0 Å². The minimum absolute atomic E-state index is 0.0762. The molecule has 0 aromatic carbocycles. The molecule has 1 heterocycles. The van der Waals surface area contributed by atoms with Crippen LogP contribution >= 0.6 is 0 Å². The molecule has 5 heteroatoms. The van der Waals surface area contributed by atoms with Crippen molar-refractivity contribution in [2.75, 3.05) is 18.8 Å². The van der Waals surface area contributed by atoms with E-state index >= 15 is 0 Å². The van der Waals surface area contributed by atoms with Gasteiger partial charge in [-0.2, -0.15) is 0 Å². The Bertz CT molecular complexity index is 350. The molecular weight excluding hydrogens is 248 g/mol. The Morgan fingerprint density at radius 3 is 2.56 bits per heavy atom. The summed E-state index contributed by atoms with van der Waals surface area (Å²) in [5.74, 6) is 1.14. The van der Waals surface area contributed by atoms with E-state index in [4.69, 9.17) is 0 Å². The number of nitrogens with one attached hydrogen (secondary N) is 2. The number of hydrogen-bond donors (Lipinski definition) is 2. The molecule has 0 spiro atoms. The quantitative estimate of drug-likeness (QED) is 0.816. The smallest absolute Gasteiger partial charge is 0.212 e. The molecule has 1 saturated carbocycles. The molecule has 0 aromatic heterocycles. The van der Waals surface area contributed by atoms with Crippen LogP contribution < -0.4 is 10.0 Å². The van der Waals surface area contributed by atoms with Gasteiger partial charge < -0.3 is 5.32 Å². The van der Waals surface area contributed by atoms with Gasteiger partial charge in [0.1, 0.15) is 0 Å². The van der Waals surface area contributed by atoms with Crippen molar-refractivity contribution in [1.29, 1.82) is 0 Å². The molecule has 18 heavy (non-hydrogen) atoms. The highest BCUT2D eigenvalue weighted by Gasteiger charge is 2.27. The van der Waals surface area contributed by atoms with Crippen molar-refractivity contribution in [3.63, 3.8) is 0 Å². The molecule has 1 aliphatic heterocycles. The average Bonchev–Trinajstić information content (AvgIpc) is 2.32. The van der Waals surface area contributed by atoms with Crippen molar-refractivity contribution in [1.82, 2.24) is 10.0 Å². The molecule has 0 radical (unpaired) electrons. The minimum atomic E-state index is -3.10. The fraction of sp³-hybridized carbons (Fsp3) is 1.00. The maximum Gasteiger partial charge on any atom is 0.212 e. The maximum absolute atomic E-state index is 12.2. The number of hydrogen-bond acceptors (Lipinski definition) is 3. The van der Waals surface area contributed by atoms with Crippen molar-refractivity contribution in [3.05, 3.63) is 0 Å². The van der Waals surface area contributed by atoms with E-state index < -0.39 is 10.0 Å². The van der Waals surface area contributed by atoms with Crippen LogP contribution in [0.2, 0.25) is 0 Å². The van der Waals surface area contributed by atoms with E-state index in [0.29, 0.717) is 17.6 Å². The van der Waals surface area contributed by atoms with Crippen LogP contribution in [0.5, 0.6) is 0 Å². The predicted molar refractivity (Wildman–Crippen MR) is 73.9 cm³/mol. The Labute approximate surface area is 111 Å². The van der Waals surface area contributed by atoms with Crippen molar-refractivity contribution >= 4 is 10.0 Å². The van der Waals surface area contributed by atoms with Crippen molar-refractivity contribution in [2.45, 2.75) is 51.5 Å². The van der Waals surface area contributed by atoms with E-state index in [2.05, 4.69) is 17.0 Å². The molecule has 0 aromatic rings. The highest BCUT2D eigenvalue weighted by atomic mass is 32.2. The molecule has 2 atom stereocenters. The van der Waals surface area contributed by atoms with E-state index in [-0.39, 0.29) is 6.04 Å². The van der Waals surface area contributed by atoms with Gasteiger partial charge in [-0.25, -0.2) is 13.1 Å². The van der Waals surface area contributed by atoms with E-state index in [1.54, 1.807) is 0 Å². The summed E-state index contributed by atoms with van der Waals surface area (Å²) in [6, 6.07) is 0.0762. The van der Waals surface area contributed by atoms with Crippen LogP contribution in [0.1, 0.15) is 45.4 Å². The summed E-state index contributed by atoms with van der Waals surface area (Å²) >= 11 is 0. The van der Waals surface area contributed by atoms with E-state index in [1.165, 1.54) is 19.3 Å². The van der Waals surface area contributed by atoms with E-state index in [0.717, 1.165) is 32.4 Å². The first-order valence-corrected chi connectivity index (χ1v) is 8.93. The summed E-state index contributed by atoms with van der Waals surface area (Å²) in [6.07, 6.45) is 6.88. The van der Waals surface area contributed by atoms with Crippen LogP contribution in [0, 0.1) is 11.8 Å². The van der Waals surface area contributed by atoms with Crippen molar-refractivity contribution < 1.29 is 8.42 Å². The fourth-order valence-corrected chi connectivity index (χ4v) is 4.92. The van der Waals surface area contributed by atoms with Gasteiger partial charge in [0.25, 0.3) is 0 Å². The first-order valence-electron chi connectivity index (χ1n) is 7.27. The molecule has 1 saturated heterocycles. The maximum atomic E-state index is 12.2. The van der Waals surface area contributed by atoms with Crippen LogP contribution in [0.3, 0.4) is 0 Å². The molecule has 1 aliphatic carbocycles. The third-order valence-corrected chi connectivity index (χ3v) is 5.91. The second-order valence-electron chi connectivity index (χ2n) is 5.98. The van der Waals surface area contributed by atoms with Crippen molar-refractivity contribution in [2.24, 2.45) is 11.8 Å². The zero-order chi connectivity index (χ0) is 13.0. The first-order chi connectivity index (χ1) is 8.57. The molecule has 4 nitrogen and oxygen atoms in total. The lowest BCUT2D eigenvalue weighted by atomic mass is 9.91. The highest BCUT2D eigenvalue weighted by molar-refractivity contribution is 7.89. The molecule has 0 amide bonds. The SMILES string of the molecule is CC1CCNCC1NS(=O)(=O)CC1CCCCC1. The molecule has 0 bridgehead atoms. The average molecular weight is 274 g/mol. The van der Waals surface area contributed by atoms with Gasteiger partial charge in [-0.15, -0.1) is 0 Å². The van der Waals surface area contributed by atoms with Crippen LogP contribution in [0.25, 0.3) is 0 Å². The summed E-state index contributed by atoms with van der Waals surface area (Å²) < 4.78 is 27.2. The number of sulfonamides is 1. The van der Waals surface area contributed by atoms with Crippen molar-refractivity contribution in [3.8, 4) is 0 Å². The summed E-state index contributed by atoms with van der Waals surface area (Å²) in [5, 5.41) is 3.26. The van der Waals surface area contributed by atoms with Crippen LogP contribution in [-0.2, 0) is 10.0 Å². The largest absolute Gasteiger partial charge is 0.315 e. The highest BCUT2D eigenvalue weighted by Crippen LogP contribution is 2.25. The lowest BCUT2D eigenvalue weighted by Gasteiger charge is -2.31. The summed E-state index contributed by atoms with van der Waals surface area (Å²) in [6.45, 7) is 3.90.